The van der Waals surface area contributed by atoms with Crippen molar-refractivity contribution in [2.24, 2.45) is 5.92 Å². The average Bonchev–Trinajstić information content (AvgIpc) is 3.09. The number of amides is 2. The van der Waals surface area contributed by atoms with Gasteiger partial charge < -0.3 is 0 Å². The Bertz CT molecular complexity index is 794. The number of nitrogens with zero attached hydrogens (tertiary/aromatic N) is 2. The number of fused-ring (bicyclic) bond motifs is 1. The van der Waals surface area contributed by atoms with E-state index in [2.05, 4.69) is 0 Å². The van der Waals surface area contributed by atoms with Gasteiger partial charge >= 0.3 is 0 Å². The van der Waals surface area contributed by atoms with Crippen molar-refractivity contribution < 1.29 is 14.4 Å². The summed E-state index contributed by atoms with van der Waals surface area (Å²) in [6, 6.07) is 16.4. The summed E-state index contributed by atoms with van der Waals surface area (Å²) in [5.74, 6) is -1.07. The second-order valence-electron chi connectivity index (χ2n) is 5.95. The molecule has 0 N–H and O–H groups in total. The van der Waals surface area contributed by atoms with Crippen molar-refractivity contribution in [3.8, 4) is 0 Å². The van der Waals surface area contributed by atoms with Crippen LogP contribution in [0.25, 0.3) is 0 Å². The Morgan fingerprint density at radius 1 is 0.958 bits per heavy atom. The number of imide groups is 1. The molecule has 3 atom stereocenters. The van der Waals surface area contributed by atoms with Crippen LogP contribution >= 0.6 is 11.6 Å². The lowest BCUT2D eigenvalue weighted by Crippen LogP contribution is -2.34. The van der Waals surface area contributed by atoms with Crippen molar-refractivity contribution in [1.29, 1.82) is 0 Å². The number of carbonyl (C=O) groups is 2. The fourth-order valence-corrected chi connectivity index (χ4v) is 3.48. The maximum Gasteiger partial charge on any atom is 0.261 e. The first-order valence-corrected chi connectivity index (χ1v) is 8.03. The van der Waals surface area contributed by atoms with Gasteiger partial charge in [-0.15, -0.1) is 0 Å². The molecular weight excluding hydrogens is 328 g/mol. The number of hydroxylamine groups is 1. The summed E-state index contributed by atoms with van der Waals surface area (Å²) in [5.41, 5.74) is 1.68. The molecule has 4 rings (SSSR count). The maximum atomic E-state index is 12.6. The van der Waals surface area contributed by atoms with Gasteiger partial charge in [-0.1, -0.05) is 41.9 Å². The lowest BCUT2D eigenvalue weighted by molar-refractivity contribution is -0.141. The van der Waals surface area contributed by atoms with Crippen LogP contribution in [0.15, 0.2) is 54.6 Å². The van der Waals surface area contributed by atoms with E-state index in [0.717, 1.165) is 16.2 Å². The number of rotatable bonds is 2. The van der Waals surface area contributed by atoms with Crippen LogP contribution in [0, 0.1) is 5.92 Å². The van der Waals surface area contributed by atoms with Crippen molar-refractivity contribution >= 4 is 29.1 Å². The summed E-state index contributed by atoms with van der Waals surface area (Å²) in [5, 5.41) is 2.27. The monoisotopic (exact) mass is 342 g/mol. The topological polar surface area (TPSA) is 49.9 Å². The predicted molar refractivity (Wildman–Crippen MR) is 89.3 cm³/mol. The fourth-order valence-electron chi connectivity index (χ4n) is 3.35. The number of likely N-dealkylation sites (N-methyl/N-ethyl adjacent to an activating group) is 1. The molecule has 2 aliphatic rings. The summed E-state index contributed by atoms with van der Waals surface area (Å²) in [7, 11) is 1.50. The Hall–Kier alpha value is -2.37. The Kier molecular flexibility index (Phi) is 3.55. The molecule has 0 saturated carbocycles. The lowest BCUT2D eigenvalue weighted by atomic mass is 9.90. The van der Waals surface area contributed by atoms with Crippen LogP contribution in [0.1, 0.15) is 11.6 Å². The molecular formula is C18H15ClN2O3. The first-order chi connectivity index (χ1) is 11.6. The van der Waals surface area contributed by atoms with Gasteiger partial charge in [-0.2, -0.15) is 0 Å². The van der Waals surface area contributed by atoms with Crippen molar-refractivity contribution in [1.82, 2.24) is 4.90 Å². The third kappa shape index (κ3) is 2.20. The zero-order valence-corrected chi connectivity index (χ0v) is 13.7. The number of carbonyl (C=O) groups excluding carboxylic acids is 2. The molecule has 2 fully saturated rings. The molecule has 2 saturated heterocycles. The Labute approximate surface area is 144 Å². The highest BCUT2D eigenvalue weighted by molar-refractivity contribution is 6.30. The van der Waals surface area contributed by atoms with Gasteiger partial charge in [0.1, 0.15) is 5.92 Å². The largest absolute Gasteiger partial charge is 0.283 e. The van der Waals surface area contributed by atoms with Gasteiger partial charge in [0, 0.05) is 12.1 Å². The molecule has 0 bridgehead atoms. The summed E-state index contributed by atoms with van der Waals surface area (Å²) in [6.07, 6.45) is -0.789. The van der Waals surface area contributed by atoms with Crippen LogP contribution in [0.3, 0.4) is 0 Å². The van der Waals surface area contributed by atoms with E-state index in [0.29, 0.717) is 5.02 Å². The van der Waals surface area contributed by atoms with Gasteiger partial charge in [-0.3, -0.25) is 19.3 Å². The van der Waals surface area contributed by atoms with Crippen LogP contribution in [0.2, 0.25) is 5.02 Å². The molecule has 0 spiro atoms. The number of benzene rings is 2. The van der Waals surface area contributed by atoms with Gasteiger partial charge in [-0.25, -0.2) is 5.06 Å². The lowest BCUT2D eigenvalue weighted by Gasteiger charge is -2.28. The van der Waals surface area contributed by atoms with Gasteiger partial charge in [0.05, 0.1) is 11.7 Å². The number of halogens is 1. The second kappa shape index (κ2) is 5.61. The molecule has 0 aliphatic carbocycles. The Morgan fingerprint density at radius 3 is 2.29 bits per heavy atom. The van der Waals surface area contributed by atoms with E-state index in [4.69, 9.17) is 16.4 Å². The van der Waals surface area contributed by atoms with Crippen molar-refractivity contribution in [3.05, 3.63) is 65.2 Å². The summed E-state index contributed by atoms with van der Waals surface area (Å²) in [4.78, 5) is 32.0. The van der Waals surface area contributed by atoms with E-state index >= 15 is 0 Å². The molecule has 122 valence electrons. The third-order valence-corrected chi connectivity index (χ3v) is 4.81. The summed E-state index contributed by atoms with van der Waals surface area (Å²) < 4.78 is 0. The normalized spacial score (nSPS) is 26.2. The second-order valence-corrected chi connectivity index (χ2v) is 6.38. The Balaban J connectivity index is 1.80. The van der Waals surface area contributed by atoms with Gasteiger partial charge in [0.25, 0.3) is 5.91 Å². The zero-order valence-electron chi connectivity index (χ0n) is 12.9. The minimum atomic E-state index is -0.789. The maximum absolute atomic E-state index is 12.6. The fraction of sp³-hybridized carbons (Fsp3) is 0.222. The average molecular weight is 343 g/mol. The molecule has 0 unspecified atom stereocenters. The summed E-state index contributed by atoms with van der Waals surface area (Å²) in [6.45, 7) is 0. The minimum absolute atomic E-state index is 0.213. The van der Waals surface area contributed by atoms with Crippen LogP contribution in [-0.2, 0) is 14.4 Å². The van der Waals surface area contributed by atoms with Gasteiger partial charge in [-0.05, 0) is 29.8 Å². The highest BCUT2D eigenvalue weighted by Crippen LogP contribution is 2.46. The first kappa shape index (κ1) is 15.2. The highest BCUT2D eigenvalue weighted by atomic mass is 35.5. The van der Waals surface area contributed by atoms with Crippen LogP contribution in [0.4, 0.5) is 5.69 Å². The molecule has 5 nitrogen and oxygen atoms in total. The van der Waals surface area contributed by atoms with E-state index in [1.165, 1.54) is 7.05 Å². The quantitative estimate of drug-likeness (QED) is 0.787. The molecule has 6 heteroatoms. The number of likely N-dealkylation sites (tertiary alicyclic amines) is 1. The van der Waals surface area contributed by atoms with E-state index in [1.54, 1.807) is 17.2 Å². The molecule has 2 aliphatic heterocycles. The number of hydrogen-bond donors (Lipinski definition) is 0. The molecule has 2 aromatic rings. The van der Waals surface area contributed by atoms with Gasteiger partial charge in [0.15, 0.2) is 6.10 Å². The third-order valence-electron chi connectivity index (χ3n) is 4.56. The van der Waals surface area contributed by atoms with Crippen LogP contribution in [0.5, 0.6) is 0 Å². The van der Waals surface area contributed by atoms with E-state index in [-0.39, 0.29) is 17.9 Å². The van der Waals surface area contributed by atoms with Gasteiger partial charge in [0.2, 0.25) is 5.91 Å². The standard InChI is InChI=1S/C18H15ClN2O3/c1-20-17(22)14-15(11-5-3-2-4-6-11)21(24-16(14)18(20)23)13-9-7-12(19)8-10-13/h2-10,14-16H,1H3/t14-,15-,16-/m0/s1. The van der Waals surface area contributed by atoms with E-state index < -0.39 is 12.0 Å². The van der Waals surface area contributed by atoms with Crippen molar-refractivity contribution in [2.75, 3.05) is 12.1 Å². The SMILES string of the molecule is CN1C(=O)[C@@H]2[C@H](ON(c3ccc(Cl)cc3)[C@H]2c2ccccc2)C1=O. The van der Waals surface area contributed by atoms with E-state index in [9.17, 15) is 9.59 Å². The van der Waals surface area contributed by atoms with Crippen molar-refractivity contribution in [3.63, 3.8) is 0 Å². The number of hydrogen-bond acceptors (Lipinski definition) is 4. The number of anilines is 1. The van der Waals surface area contributed by atoms with Crippen molar-refractivity contribution in [2.45, 2.75) is 12.1 Å². The molecule has 2 heterocycles. The zero-order chi connectivity index (χ0) is 16.8. The predicted octanol–water partition coefficient (Wildman–Crippen LogP) is 2.82. The molecule has 0 radical (unpaired) electrons. The summed E-state index contributed by atoms with van der Waals surface area (Å²) >= 11 is 5.96. The molecule has 24 heavy (non-hydrogen) atoms. The minimum Gasteiger partial charge on any atom is -0.283 e. The molecule has 2 amide bonds. The smallest absolute Gasteiger partial charge is 0.261 e. The molecule has 0 aromatic heterocycles. The van der Waals surface area contributed by atoms with Crippen LogP contribution in [-0.4, -0.2) is 29.9 Å². The first-order valence-electron chi connectivity index (χ1n) is 7.66. The highest BCUT2D eigenvalue weighted by Gasteiger charge is 2.58. The van der Waals surface area contributed by atoms with E-state index in [1.807, 2.05) is 42.5 Å². The Morgan fingerprint density at radius 2 is 1.62 bits per heavy atom. The van der Waals surface area contributed by atoms with Crippen LogP contribution < -0.4 is 5.06 Å². The molecule has 2 aromatic carbocycles.